The van der Waals surface area contributed by atoms with Crippen molar-refractivity contribution in [3.8, 4) is 0 Å². The Hall–Kier alpha value is -0.330. The van der Waals surface area contributed by atoms with Crippen LogP contribution in [0.2, 0.25) is 5.02 Å². The topological polar surface area (TPSA) is 40.5 Å². The number of carbonyl (C=O) groups is 1. The number of β-amino-alcohol motifs (C(OH)–C–C–N with tert-alkyl or cyclic N) is 1. The van der Waals surface area contributed by atoms with Gasteiger partial charge in [0.1, 0.15) is 0 Å². The summed E-state index contributed by atoms with van der Waals surface area (Å²) in [4.78, 5) is 14.0. The van der Waals surface area contributed by atoms with E-state index in [-0.39, 0.29) is 5.91 Å². The third kappa shape index (κ3) is 3.16. The maximum Gasteiger partial charge on any atom is 0.254 e. The van der Waals surface area contributed by atoms with E-state index in [2.05, 4.69) is 22.6 Å². The molecular formula is C13H15ClINO2. The molecule has 1 aliphatic rings. The fourth-order valence-corrected chi connectivity index (χ4v) is 2.72. The average Bonchev–Trinajstić information content (AvgIpc) is 2.30. The number of hydrogen-bond acceptors (Lipinski definition) is 2. The Labute approximate surface area is 125 Å². The first-order valence-electron chi connectivity index (χ1n) is 5.86. The molecule has 0 aliphatic carbocycles. The molecule has 98 valence electrons. The summed E-state index contributed by atoms with van der Waals surface area (Å²) in [7, 11) is 0. The zero-order chi connectivity index (χ0) is 13.3. The first kappa shape index (κ1) is 14.1. The molecule has 1 atom stereocenters. The van der Waals surface area contributed by atoms with Crippen LogP contribution in [0, 0.1) is 3.57 Å². The number of nitrogens with zero attached hydrogens (tertiary/aromatic N) is 1. The van der Waals surface area contributed by atoms with Gasteiger partial charge in [-0.1, -0.05) is 11.6 Å². The van der Waals surface area contributed by atoms with E-state index in [4.69, 9.17) is 11.6 Å². The minimum absolute atomic E-state index is 0.0618. The van der Waals surface area contributed by atoms with Crippen LogP contribution in [0.15, 0.2) is 18.2 Å². The van der Waals surface area contributed by atoms with E-state index >= 15 is 0 Å². The molecule has 1 aromatic carbocycles. The van der Waals surface area contributed by atoms with E-state index in [1.165, 1.54) is 0 Å². The number of amides is 1. The molecule has 0 saturated carbocycles. The molecule has 1 amide bonds. The van der Waals surface area contributed by atoms with Gasteiger partial charge in [0.25, 0.3) is 5.91 Å². The molecule has 0 bridgehead atoms. The van der Waals surface area contributed by atoms with E-state index in [1.807, 2.05) is 6.07 Å². The zero-order valence-corrected chi connectivity index (χ0v) is 13.0. The van der Waals surface area contributed by atoms with Crippen LogP contribution >= 0.6 is 34.2 Å². The molecule has 1 aliphatic heterocycles. The minimum atomic E-state index is -0.777. The second-order valence-electron chi connectivity index (χ2n) is 4.96. The third-order valence-electron chi connectivity index (χ3n) is 3.13. The van der Waals surface area contributed by atoms with Crippen LogP contribution in [0.25, 0.3) is 0 Å². The normalized spacial score (nSPS) is 24.1. The summed E-state index contributed by atoms with van der Waals surface area (Å²) in [6.45, 7) is 2.85. The highest BCUT2D eigenvalue weighted by molar-refractivity contribution is 14.1. The average molecular weight is 380 g/mol. The van der Waals surface area contributed by atoms with Gasteiger partial charge in [0.15, 0.2) is 0 Å². The number of benzene rings is 1. The molecule has 1 aromatic rings. The Balaban J connectivity index is 2.18. The zero-order valence-electron chi connectivity index (χ0n) is 10.1. The largest absolute Gasteiger partial charge is 0.388 e. The molecule has 1 saturated heterocycles. The number of likely N-dealkylation sites (tertiary alicyclic amines) is 1. The van der Waals surface area contributed by atoms with E-state index in [9.17, 15) is 9.90 Å². The van der Waals surface area contributed by atoms with Crippen LogP contribution in [0.3, 0.4) is 0 Å². The van der Waals surface area contributed by atoms with Gasteiger partial charge < -0.3 is 10.0 Å². The molecule has 0 radical (unpaired) electrons. The summed E-state index contributed by atoms with van der Waals surface area (Å²) in [5.74, 6) is -0.0618. The van der Waals surface area contributed by atoms with Crippen LogP contribution in [-0.4, -0.2) is 34.6 Å². The van der Waals surface area contributed by atoms with Gasteiger partial charge >= 0.3 is 0 Å². The summed E-state index contributed by atoms with van der Waals surface area (Å²) in [6, 6.07) is 5.30. The summed E-state index contributed by atoms with van der Waals surface area (Å²) in [5, 5.41) is 10.6. The van der Waals surface area contributed by atoms with Crippen molar-refractivity contribution in [3.05, 3.63) is 32.4 Å². The first-order chi connectivity index (χ1) is 8.39. The monoisotopic (exact) mass is 379 g/mol. The number of carbonyl (C=O) groups excluding carboxylic acids is 1. The summed E-state index contributed by atoms with van der Waals surface area (Å²) < 4.78 is 0.927. The van der Waals surface area contributed by atoms with Gasteiger partial charge in [0, 0.05) is 22.2 Å². The van der Waals surface area contributed by atoms with Crippen molar-refractivity contribution in [3.63, 3.8) is 0 Å². The van der Waals surface area contributed by atoms with Gasteiger partial charge in [-0.25, -0.2) is 0 Å². The van der Waals surface area contributed by atoms with Crippen molar-refractivity contribution in [2.75, 3.05) is 13.1 Å². The summed E-state index contributed by atoms with van der Waals surface area (Å²) in [6.07, 6.45) is 1.57. The number of halogens is 2. The molecule has 1 N–H and O–H groups in total. The number of piperidine rings is 1. The predicted octanol–water partition coefficient (Wildman–Crippen LogP) is 2.93. The predicted molar refractivity (Wildman–Crippen MR) is 79.9 cm³/mol. The smallest absolute Gasteiger partial charge is 0.254 e. The van der Waals surface area contributed by atoms with Gasteiger partial charge in [-0.15, -0.1) is 0 Å². The van der Waals surface area contributed by atoms with Crippen LogP contribution in [0.1, 0.15) is 30.1 Å². The van der Waals surface area contributed by atoms with Crippen molar-refractivity contribution < 1.29 is 9.90 Å². The van der Waals surface area contributed by atoms with Crippen LogP contribution in [0.4, 0.5) is 0 Å². The highest BCUT2D eigenvalue weighted by atomic mass is 127. The second kappa shape index (κ2) is 5.35. The van der Waals surface area contributed by atoms with E-state index in [0.717, 1.165) is 16.4 Å². The van der Waals surface area contributed by atoms with Crippen molar-refractivity contribution in [1.29, 1.82) is 0 Å². The highest BCUT2D eigenvalue weighted by Crippen LogP contribution is 2.24. The maximum absolute atomic E-state index is 12.3. The molecule has 1 unspecified atom stereocenters. The lowest BCUT2D eigenvalue weighted by Gasteiger charge is -2.36. The van der Waals surface area contributed by atoms with Crippen molar-refractivity contribution in [1.82, 2.24) is 4.90 Å². The molecule has 1 fully saturated rings. The molecule has 3 nitrogen and oxygen atoms in total. The molecular weight excluding hydrogens is 365 g/mol. The van der Waals surface area contributed by atoms with E-state index in [1.54, 1.807) is 24.0 Å². The molecule has 18 heavy (non-hydrogen) atoms. The van der Waals surface area contributed by atoms with Gasteiger partial charge in [-0.2, -0.15) is 0 Å². The van der Waals surface area contributed by atoms with Crippen molar-refractivity contribution in [2.24, 2.45) is 0 Å². The van der Waals surface area contributed by atoms with Crippen molar-refractivity contribution in [2.45, 2.75) is 25.4 Å². The Kier molecular flexibility index (Phi) is 4.18. The minimum Gasteiger partial charge on any atom is -0.388 e. The maximum atomic E-state index is 12.3. The van der Waals surface area contributed by atoms with Gasteiger partial charge in [0.2, 0.25) is 0 Å². The Morgan fingerprint density at radius 1 is 1.56 bits per heavy atom. The lowest BCUT2D eigenvalue weighted by atomic mass is 9.94. The van der Waals surface area contributed by atoms with Crippen molar-refractivity contribution >= 4 is 40.1 Å². The summed E-state index contributed by atoms with van der Waals surface area (Å²) in [5.41, 5.74) is -0.195. The second-order valence-corrected chi connectivity index (χ2v) is 6.53. The molecule has 1 heterocycles. The molecule has 2 rings (SSSR count). The lowest BCUT2D eigenvalue weighted by Crippen LogP contribution is -2.48. The quantitative estimate of drug-likeness (QED) is 0.762. The van der Waals surface area contributed by atoms with E-state index < -0.39 is 5.60 Å². The fourth-order valence-electron chi connectivity index (χ4n) is 2.21. The molecule has 0 spiro atoms. The Morgan fingerprint density at radius 3 is 2.89 bits per heavy atom. The van der Waals surface area contributed by atoms with Gasteiger partial charge in [0.05, 0.1) is 10.6 Å². The number of rotatable bonds is 1. The lowest BCUT2D eigenvalue weighted by molar-refractivity contribution is -0.0107. The van der Waals surface area contributed by atoms with Gasteiger partial charge in [-0.05, 0) is 60.6 Å². The van der Waals surface area contributed by atoms with Gasteiger partial charge in [-0.3, -0.25) is 4.79 Å². The SMILES string of the molecule is CC1(O)CCCN(C(=O)c2ccc(I)c(Cl)c2)C1. The highest BCUT2D eigenvalue weighted by Gasteiger charge is 2.31. The number of hydrogen-bond donors (Lipinski definition) is 1. The first-order valence-corrected chi connectivity index (χ1v) is 7.31. The fraction of sp³-hybridized carbons (Fsp3) is 0.462. The van der Waals surface area contributed by atoms with Crippen LogP contribution < -0.4 is 0 Å². The van der Waals surface area contributed by atoms with E-state index in [0.29, 0.717) is 23.7 Å². The Morgan fingerprint density at radius 2 is 2.28 bits per heavy atom. The van der Waals surface area contributed by atoms with Crippen LogP contribution in [-0.2, 0) is 0 Å². The standard InChI is InChI=1S/C13H15ClINO2/c1-13(18)5-2-6-16(8-13)12(17)9-3-4-11(15)10(14)7-9/h3-4,7,18H,2,5-6,8H2,1H3. The molecule has 0 aromatic heterocycles. The molecule has 5 heteroatoms. The summed E-state index contributed by atoms with van der Waals surface area (Å²) >= 11 is 8.15. The Bertz CT molecular complexity index is 476. The number of aliphatic hydroxyl groups is 1. The third-order valence-corrected chi connectivity index (χ3v) is 4.70. The van der Waals surface area contributed by atoms with Crippen LogP contribution in [0.5, 0.6) is 0 Å².